The molecule has 9 heteroatoms. The van der Waals surface area contributed by atoms with Gasteiger partial charge in [-0.1, -0.05) is 0 Å². The minimum atomic E-state index is -0.291. The Morgan fingerprint density at radius 2 is 2.12 bits per heavy atom. The third kappa shape index (κ3) is 3.19. The number of rotatable bonds is 5. The zero-order chi connectivity index (χ0) is 17.3. The molecule has 1 unspecified atom stereocenters. The zero-order valence-electron chi connectivity index (χ0n) is 13.8. The van der Waals surface area contributed by atoms with E-state index in [-0.39, 0.29) is 42.7 Å². The summed E-state index contributed by atoms with van der Waals surface area (Å²) in [4.78, 5) is 39.1. The molecule has 3 heterocycles. The van der Waals surface area contributed by atoms with E-state index in [1.165, 1.54) is 0 Å². The molecule has 1 aromatic rings. The Bertz CT molecular complexity index is 652. The van der Waals surface area contributed by atoms with E-state index >= 15 is 0 Å². The Balaban J connectivity index is 1.44. The third-order valence-electron chi connectivity index (χ3n) is 4.47. The second kappa shape index (κ2) is 6.50. The Kier molecular flexibility index (Phi) is 4.41. The molecule has 0 aliphatic carbocycles. The number of ether oxygens (including phenoxy) is 1. The Morgan fingerprint density at radius 3 is 2.75 bits per heavy atom. The molecule has 0 radical (unpaired) electrons. The van der Waals surface area contributed by atoms with Crippen molar-refractivity contribution >= 4 is 17.7 Å². The van der Waals surface area contributed by atoms with Crippen molar-refractivity contribution in [3.8, 4) is 5.75 Å². The van der Waals surface area contributed by atoms with Crippen molar-refractivity contribution in [2.75, 3.05) is 33.3 Å². The van der Waals surface area contributed by atoms with Gasteiger partial charge in [-0.05, 0) is 0 Å². The van der Waals surface area contributed by atoms with Gasteiger partial charge in [0.15, 0.2) is 12.4 Å². The maximum Gasteiger partial charge on any atom is 0.260 e. The minimum Gasteiger partial charge on any atom is -0.480 e. The number of amides is 3. The van der Waals surface area contributed by atoms with Crippen LogP contribution >= 0.6 is 0 Å². The van der Waals surface area contributed by atoms with Crippen molar-refractivity contribution < 1.29 is 19.1 Å². The highest BCUT2D eigenvalue weighted by Gasteiger charge is 2.43. The van der Waals surface area contributed by atoms with Gasteiger partial charge >= 0.3 is 0 Å². The van der Waals surface area contributed by atoms with Crippen LogP contribution < -0.4 is 10.1 Å². The number of carbonyl (C=O) groups excluding carboxylic acids is 3. The van der Waals surface area contributed by atoms with Gasteiger partial charge in [-0.25, -0.2) is 0 Å². The van der Waals surface area contributed by atoms with Crippen molar-refractivity contribution in [2.24, 2.45) is 13.0 Å². The first-order valence-corrected chi connectivity index (χ1v) is 7.88. The molecule has 2 aliphatic rings. The van der Waals surface area contributed by atoms with E-state index in [9.17, 15) is 14.4 Å². The molecule has 0 saturated carbocycles. The standard InChI is InChI=1S/C15H21N5O4/c1-16-15(23)10-3-13(21)20(5-10)11-6-19(7-11)14(22)9-24-12-4-17-18(2)8-12/h4,8,10-11H,3,5-7,9H2,1-2H3,(H,16,23). The Morgan fingerprint density at radius 1 is 1.38 bits per heavy atom. The Hall–Kier alpha value is -2.58. The van der Waals surface area contributed by atoms with Crippen LogP contribution in [0.25, 0.3) is 0 Å². The van der Waals surface area contributed by atoms with Gasteiger partial charge in [0.25, 0.3) is 5.91 Å². The van der Waals surface area contributed by atoms with Gasteiger partial charge in [0.2, 0.25) is 11.8 Å². The molecule has 0 bridgehead atoms. The first-order chi connectivity index (χ1) is 11.5. The largest absolute Gasteiger partial charge is 0.480 e. The molecule has 1 aromatic heterocycles. The van der Waals surface area contributed by atoms with Gasteiger partial charge in [0, 0.05) is 40.2 Å². The van der Waals surface area contributed by atoms with Crippen molar-refractivity contribution in [1.82, 2.24) is 24.9 Å². The van der Waals surface area contributed by atoms with E-state index in [1.807, 2.05) is 0 Å². The number of likely N-dealkylation sites (tertiary alicyclic amines) is 2. The number of nitrogens with one attached hydrogen (secondary N) is 1. The van der Waals surface area contributed by atoms with E-state index < -0.39 is 0 Å². The summed E-state index contributed by atoms with van der Waals surface area (Å²) >= 11 is 0. The predicted octanol–water partition coefficient (Wildman–Crippen LogP) is -1.40. The van der Waals surface area contributed by atoms with E-state index in [0.29, 0.717) is 25.4 Å². The lowest BCUT2D eigenvalue weighted by Gasteiger charge is -2.43. The molecule has 2 saturated heterocycles. The molecule has 1 N–H and O–H groups in total. The van der Waals surface area contributed by atoms with Crippen molar-refractivity contribution in [2.45, 2.75) is 12.5 Å². The fourth-order valence-electron chi connectivity index (χ4n) is 3.03. The number of nitrogens with zero attached hydrogens (tertiary/aromatic N) is 4. The van der Waals surface area contributed by atoms with E-state index in [4.69, 9.17) is 4.74 Å². The molecule has 24 heavy (non-hydrogen) atoms. The topological polar surface area (TPSA) is 96.8 Å². The van der Waals surface area contributed by atoms with E-state index in [0.717, 1.165) is 0 Å². The van der Waals surface area contributed by atoms with Gasteiger partial charge in [-0.15, -0.1) is 0 Å². The lowest BCUT2D eigenvalue weighted by Crippen LogP contribution is -2.62. The molecule has 0 spiro atoms. The molecule has 2 fully saturated rings. The molecule has 2 aliphatic heterocycles. The van der Waals surface area contributed by atoms with Crippen LogP contribution in [0.4, 0.5) is 0 Å². The lowest BCUT2D eigenvalue weighted by atomic mass is 10.1. The van der Waals surface area contributed by atoms with Crippen LogP contribution in [0, 0.1) is 5.92 Å². The zero-order valence-corrected chi connectivity index (χ0v) is 13.8. The molecular formula is C15H21N5O4. The van der Waals surface area contributed by atoms with Crippen LogP contribution in [-0.4, -0.2) is 76.6 Å². The average Bonchev–Trinajstić information content (AvgIpc) is 3.09. The van der Waals surface area contributed by atoms with E-state index in [1.54, 1.807) is 41.0 Å². The van der Waals surface area contributed by atoms with Crippen molar-refractivity contribution in [1.29, 1.82) is 0 Å². The molecule has 130 valence electrons. The molecule has 3 amide bonds. The highest BCUT2D eigenvalue weighted by Crippen LogP contribution is 2.25. The normalized spacial score (nSPS) is 20.9. The van der Waals surface area contributed by atoms with E-state index in [2.05, 4.69) is 10.4 Å². The first kappa shape index (κ1) is 16.3. The van der Waals surface area contributed by atoms with Crippen LogP contribution in [0.2, 0.25) is 0 Å². The number of hydrogen-bond acceptors (Lipinski definition) is 5. The Labute approximate surface area is 139 Å². The quantitative estimate of drug-likeness (QED) is 0.714. The van der Waals surface area contributed by atoms with Crippen LogP contribution in [0.1, 0.15) is 6.42 Å². The minimum absolute atomic E-state index is 0.00509. The highest BCUT2D eigenvalue weighted by molar-refractivity contribution is 5.89. The van der Waals surface area contributed by atoms with Crippen LogP contribution in [-0.2, 0) is 21.4 Å². The monoisotopic (exact) mass is 335 g/mol. The second-order valence-electron chi connectivity index (χ2n) is 6.15. The lowest BCUT2D eigenvalue weighted by molar-refractivity contribution is -0.145. The maximum atomic E-state index is 12.1. The number of aromatic nitrogens is 2. The molecule has 9 nitrogen and oxygen atoms in total. The molecule has 1 atom stereocenters. The number of aryl methyl sites for hydroxylation is 1. The molecule has 0 aromatic carbocycles. The van der Waals surface area contributed by atoms with Gasteiger partial charge in [-0.2, -0.15) is 5.10 Å². The fraction of sp³-hybridized carbons (Fsp3) is 0.600. The van der Waals surface area contributed by atoms with Crippen LogP contribution in [0.5, 0.6) is 5.75 Å². The van der Waals surface area contributed by atoms with Gasteiger partial charge in [0.1, 0.15) is 0 Å². The summed E-state index contributed by atoms with van der Waals surface area (Å²) in [5.41, 5.74) is 0. The number of carbonyl (C=O) groups is 3. The highest BCUT2D eigenvalue weighted by atomic mass is 16.5. The summed E-state index contributed by atoms with van der Waals surface area (Å²) in [5, 5.41) is 6.54. The summed E-state index contributed by atoms with van der Waals surface area (Å²) in [7, 11) is 3.34. The van der Waals surface area contributed by atoms with Crippen molar-refractivity contribution in [3.05, 3.63) is 12.4 Å². The SMILES string of the molecule is CNC(=O)C1CC(=O)N(C2CN(C(=O)COc3cnn(C)c3)C2)C1. The summed E-state index contributed by atoms with van der Waals surface area (Å²) < 4.78 is 6.98. The summed E-state index contributed by atoms with van der Waals surface area (Å²) in [6.07, 6.45) is 3.48. The maximum absolute atomic E-state index is 12.1. The third-order valence-corrected chi connectivity index (χ3v) is 4.47. The molecule has 3 rings (SSSR count). The summed E-state index contributed by atoms with van der Waals surface area (Å²) in [6, 6.07) is -0.00509. The summed E-state index contributed by atoms with van der Waals surface area (Å²) in [6.45, 7) is 1.35. The molecular weight excluding hydrogens is 314 g/mol. The average molecular weight is 335 g/mol. The predicted molar refractivity (Wildman–Crippen MR) is 83.0 cm³/mol. The van der Waals surface area contributed by atoms with Gasteiger partial charge in [-0.3, -0.25) is 19.1 Å². The second-order valence-corrected chi connectivity index (χ2v) is 6.15. The van der Waals surface area contributed by atoms with Crippen molar-refractivity contribution in [3.63, 3.8) is 0 Å². The fourth-order valence-corrected chi connectivity index (χ4v) is 3.03. The smallest absolute Gasteiger partial charge is 0.260 e. The summed E-state index contributed by atoms with van der Waals surface area (Å²) in [5.74, 6) is 0.00659. The first-order valence-electron chi connectivity index (χ1n) is 7.88. The van der Waals surface area contributed by atoms with Crippen LogP contribution in [0.15, 0.2) is 12.4 Å². The van der Waals surface area contributed by atoms with Gasteiger partial charge in [0.05, 0.1) is 24.4 Å². The van der Waals surface area contributed by atoms with Crippen LogP contribution in [0.3, 0.4) is 0 Å². The number of hydrogen-bond donors (Lipinski definition) is 1. The van der Waals surface area contributed by atoms with Gasteiger partial charge < -0.3 is 19.9 Å².